The fourth-order valence-corrected chi connectivity index (χ4v) is 4.73. The monoisotopic (exact) mass is 290 g/mol. The molecule has 21 heavy (non-hydrogen) atoms. The van der Waals surface area contributed by atoms with Gasteiger partial charge in [0.25, 0.3) is 0 Å². The van der Waals surface area contributed by atoms with E-state index in [1.807, 2.05) is 6.20 Å². The first-order chi connectivity index (χ1) is 10.3. The SMILES string of the molecule is CCCn1nncc1C(NC)C1CCC2CCCCC2C1. The van der Waals surface area contributed by atoms with E-state index in [-0.39, 0.29) is 0 Å². The van der Waals surface area contributed by atoms with Gasteiger partial charge in [-0.1, -0.05) is 37.8 Å². The molecule has 2 saturated carbocycles. The van der Waals surface area contributed by atoms with Crippen molar-refractivity contribution < 1.29 is 0 Å². The van der Waals surface area contributed by atoms with E-state index in [9.17, 15) is 0 Å². The number of fused-ring (bicyclic) bond motifs is 1. The van der Waals surface area contributed by atoms with Crippen molar-refractivity contribution in [2.45, 2.75) is 70.9 Å². The molecule has 0 amide bonds. The van der Waals surface area contributed by atoms with Crippen molar-refractivity contribution in [2.75, 3.05) is 7.05 Å². The summed E-state index contributed by atoms with van der Waals surface area (Å²) < 4.78 is 2.11. The highest BCUT2D eigenvalue weighted by Crippen LogP contribution is 2.45. The molecule has 4 nitrogen and oxygen atoms in total. The molecule has 0 bridgehead atoms. The van der Waals surface area contributed by atoms with Crippen LogP contribution in [0.2, 0.25) is 0 Å². The van der Waals surface area contributed by atoms with E-state index in [2.05, 4.69) is 34.3 Å². The smallest absolute Gasteiger partial charge is 0.0759 e. The second-order valence-corrected chi connectivity index (χ2v) is 7.03. The van der Waals surface area contributed by atoms with Gasteiger partial charge in [-0.25, -0.2) is 4.68 Å². The number of hydrogen-bond donors (Lipinski definition) is 1. The average molecular weight is 290 g/mol. The second kappa shape index (κ2) is 6.91. The molecule has 4 unspecified atom stereocenters. The summed E-state index contributed by atoms with van der Waals surface area (Å²) in [5.74, 6) is 2.75. The molecule has 0 saturated heterocycles. The normalized spacial score (nSPS) is 30.9. The second-order valence-electron chi connectivity index (χ2n) is 7.03. The highest BCUT2D eigenvalue weighted by Gasteiger charge is 2.36. The van der Waals surface area contributed by atoms with Crippen molar-refractivity contribution in [3.8, 4) is 0 Å². The largest absolute Gasteiger partial charge is 0.311 e. The molecule has 4 atom stereocenters. The van der Waals surface area contributed by atoms with Gasteiger partial charge in [-0.05, 0) is 50.5 Å². The lowest BCUT2D eigenvalue weighted by molar-refractivity contribution is 0.109. The zero-order valence-corrected chi connectivity index (χ0v) is 13.6. The van der Waals surface area contributed by atoms with Crippen LogP contribution in [0.1, 0.15) is 70.0 Å². The van der Waals surface area contributed by atoms with Gasteiger partial charge < -0.3 is 5.32 Å². The summed E-state index contributed by atoms with van der Waals surface area (Å²) in [4.78, 5) is 0. The van der Waals surface area contributed by atoms with E-state index in [1.54, 1.807) is 0 Å². The van der Waals surface area contributed by atoms with Crippen LogP contribution >= 0.6 is 0 Å². The van der Waals surface area contributed by atoms with Gasteiger partial charge >= 0.3 is 0 Å². The van der Waals surface area contributed by atoms with Crippen molar-refractivity contribution in [3.05, 3.63) is 11.9 Å². The van der Waals surface area contributed by atoms with Crippen LogP contribution in [0, 0.1) is 17.8 Å². The summed E-state index contributed by atoms with van der Waals surface area (Å²) in [5, 5.41) is 12.0. The zero-order chi connectivity index (χ0) is 14.7. The fourth-order valence-electron chi connectivity index (χ4n) is 4.73. The Bertz CT molecular complexity index is 442. The molecule has 1 aromatic rings. The van der Waals surface area contributed by atoms with Crippen LogP contribution in [-0.2, 0) is 6.54 Å². The average Bonchev–Trinajstić information content (AvgIpc) is 2.97. The first kappa shape index (κ1) is 15.0. The summed E-state index contributed by atoms with van der Waals surface area (Å²) in [6.45, 7) is 3.18. The van der Waals surface area contributed by atoms with Crippen molar-refractivity contribution in [1.29, 1.82) is 0 Å². The fraction of sp³-hybridized carbons (Fsp3) is 0.882. The van der Waals surface area contributed by atoms with Gasteiger partial charge in [0.2, 0.25) is 0 Å². The third kappa shape index (κ3) is 3.15. The first-order valence-corrected chi connectivity index (χ1v) is 8.89. The lowest BCUT2D eigenvalue weighted by Gasteiger charge is -2.41. The minimum atomic E-state index is 0.425. The predicted molar refractivity (Wildman–Crippen MR) is 84.9 cm³/mol. The highest BCUT2D eigenvalue weighted by atomic mass is 15.4. The molecule has 1 aromatic heterocycles. The van der Waals surface area contributed by atoms with Gasteiger partial charge in [0.15, 0.2) is 0 Å². The predicted octanol–water partition coefficient (Wildman–Crippen LogP) is 3.56. The molecule has 0 spiro atoms. The molecule has 0 aromatic carbocycles. The van der Waals surface area contributed by atoms with Crippen LogP contribution < -0.4 is 5.32 Å². The molecular formula is C17H30N4. The molecule has 2 fully saturated rings. The minimum absolute atomic E-state index is 0.425. The van der Waals surface area contributed by atoms with Crippen molar-refractivity contribution in [3.63, 3.8) is 0 Å². The Balaban J connectivity index is 1.72. The number of aryl methyl sites for hydroxylation is 1. The number of rotatable bonds is 5. The summed E-state index contributed by atoms with van der Waals surface area (Å²) in [6.07, 6.45) is 13.1. The van der Waals surface area contributed by atoms with Gasteiger partial charge in [0.05, 0.1) is 17.9 Å². The topological polar surface area (TPSA) is 42.7 Å². The van der Waals surface area contributed by atoms with Gasteiger partial charge in [-0.15, -0.1) is 5.10 Å². The number of nitrogens with zero attached hydrogens (tertiary/aromatic N) is 3. The first-order valence-electron chi connectivity index (χ1n) is 8.89. The number of nitrogens with one attached hydrogen (secondary N) is 1. The van der Waals surface area contributed by atoms with Gasteiger partial charge in [-0.3, -0.25) is 0 Å². The molecule has 3 rings (SSSR count). The summed E-state index contributed by atoms with van der Waals surface area (Å²) >= 11 is 0. The Hall–Kier alpha value is -0.900. The van der Waals surface area contributed by atoms with Crippen LogP contribution in [-0.4, -0.2) is 22.0 Å². The van der Waals surface area contributed by atoms with Crippen LogP contribution in [0.4, 0.5) is 0 Å². The highest BCUT2D eigenvalue weighted by molar-refractivity contribution is 5.05. The maximum absolute atomic E-state index is 4.28. The molecule has 4 heteroatoms. The number of aromatic nitrogens is 3. The third-order valence-corrected chi connectivity index (χ3v) is 5.76. The zero-order valence-electron chi connectivity index (χ0n) is 13.6. The lowest BCUT2D eigenvalue weighted by Crippen LogP contribution is -2.35. The molecule has 2 aliphatic rings. The van der Waals surface area contributed by atoms with E-state index in [0.29, 0.717) is 6.04 Å². The Morgan fingerprint density at radius 1 is 1.24 bits per heavy atom. The standard InChI is InChI=1S/C17H30N4/c1-3-10-21-16(12-19-20-21)17(18-2)15-9-8-13-6-4-5-7-14(13)11-15/h12-15,17-18H,3-11H2,1-2H3. The maximum Gasteiger partial charge on any atom is 0.0759 e. The van der Waals surface area contributed by atoms with Gasteiger partial charge in [0, 0.05) is 6.54 Å². The molecule has 2 aliphatic carbocycles. The lowest BCUT2D eigenvalue weighted by atomic mass is 9.66. The van der Waals surface area contributed by atoms with Crippen molar-refractivity contribution in [1.82, 2.24) is 20.3 Å². The Morgan fingerprint density at radius 2 is 2.05 bits per heavy atom. The summed E-state index contributed by atoms with van der Waals surface area (Å²) in [7, 11) is 2.10. The third-order valence-electron chi connectivity index (χ3n) is 5.76. The number of hydrogen-bond acceptors (Lipinski definition) is 3. The molecule has 0 radical (unpaired) electrons. The van der Waals surface area contributed by atoms with Crippen molar-refractivity contribution >= 4 is 0 Å². The summed E-state index contributed by atoms with van der Waals surface area (Å²) in [6, 6.07) is 0.425. The van der Waals surface area contributed by atoms with Crippen LogP contribution in [0.5, 0.6) is 0 Å². The quantitative estimate of drug-likeness (QED) is 0.901. The van der Waals surface area contributed by atoms with Crippen LogP contribution in [0.15, 0.2) is 6.20 Å². The van der Waals surface area contributed by atoms with Gasteiger partial charge in [0.1, 0.15) is 0 Å². The Morgan fingerprint density at radius 3 is 2.81 bits per heavy atom. The van der Waals surface area contributed by atoms with E-state index in [4.69, 9.17) is 0 Å². The van der Waals surface area contributed by atoms with E-state index >= 15 is 0 Å². The molecule has 0 aliphatic heterocycles. The molecule has 118 valence electrons. The molecule has 1 N–H and O–H groups in total. The van der Waals surface area contributed by atoms with Crippen LogP contribution in [0.3, 0.4) is 0 Å². The van der Waals surface area contributed by atoms with Crippen LogP contribution in [0.25, 0.3) is 0 Å². The van der Waals surface area contributed by atoms with E-state index in [0.717, 1.165) is 30.7 Å². The summed E-state index contributed by atoms with van der Waals surface area (Å²) in [5.41, 5.74) is 1.29. The van der Waals surface area contributed by atoms with Gasteiger partial charge in [-0.2, -0.15) is 0 Å². The Kier molecular flexibility index (Phi) is 4.94. The van der Waals surface area contributed by atoms with E-state index < -0.39 is 0 Å². The van der Waals surface area contributed by atoms with E-state index in [1.165, 1.54) is 50.6 Å². The van der Waals surface area contributed by atoms with Crippen molar-refractivity contribution in [2.24, 2.45) is 17.8 Å². The minimum Gasteiger partial charge on any atom is -0.311 e. The Labute approximate surface area is 128 Å². The molecule has 1 heterocycles. The molecular weight excluding hydrogens is 260 g/mol. The maximum atomic E-state index is 4.28.